The summed E-state index contributed by atoms with van der Waals surface area (Å²) in [5.41, 5.74) is 0. The lowest BCUT2D eigenvalue weighted by molar-refractivity contribution is 0.434. The van der Waals surface area contributed by atoms with Crippen LogP contribution in [0.3, 0.4) is 0 Å². The van der Waals surface area contributed by atoms with Gasteiger partial charge >= 0.3 is 0 Å². The average molecular weight is 250 g/mol. The Morgan fingerprint density at radius 1 is 0.812 bits per heavy atom. The van der Waals surface area contributed by atoms with Gasteiger partial charge in [-0.3, -0.25) is 0 Å². The van der Waals surface area contributed by atoms with Gasteiger partial charge in [0.2, 0.25) is 0 Å². The summed E-state index contributed by atoms with van der Waals surface area (Å²) >= 11 is -0.386. The van der Waals surface area contributed by atoms with Gasteiger partial charge in [-0.25, -0.2) is 0 Å². The predicted molar refractivity (Wildman–Crippen MR) is 77.1 cm³/mol. The molecule has 2 fully saturated rings. The monoisotopic (exact) mass is 250 g/mol. The molecular weight excluding hydrogens is 222 g/mol. The Balaban J connectivity index is 1.61. The van der Waals surface area contributed by atoms with Crippen LogP contribution in [0.1, 0.15) is 39.5 Å². The minimum atomic E-state index is -0.193. The number of hydrogen-bond donors (Lipinski definition) is 0. The molecule has 0 nitrogen and oxygen atoms in total. The third-order valence-corrected chi connectivity index (χ3v) is 12.7. The fourth-order valence-corrected chi connectivity index (χ4v) is 10.8. The first-order valence-electron chi connectivity index (χ1n) is 7.81. The average Bonchev–Trinajstić information content (AvgIpc) is 2.95. The molecule has 90 valence electrons. The lowest BCUT2D eigenvalue weighted by atomic mass is 9.95. The number of rotatable bonds is 5. The van der Waals surface area contributed by atoms with Crippen molar-refractivity contribution in [3.8, 4) is 0 Å². The quantitative estimate of drug-likeness (QED) is 0.613. The molecule has 2 heterocycles. The van der Waals surface area contributed by atoms with Crippen LogP contribution in [-0.4, -0.2) is 28.3 Å². The first kappa shape index (κ1) is 13.5. The number of hydrogen-bond acceptors (Lipinski definition) is 0. The molecule has 2 aliphatic heterocycles. The van der Waals surface area contributed by atoms with Crippen LogP contribution in [0.25, 0.3) is 0 Å². The summed E-state index contributed by atoms with van der Waals surface area (Å²) in [6.07, 6.45) is 6.45. The fraction of sp³-hybridized carbons (Fsp3) is 1.00. The highest BCUT2D eigenvalue weighted by Gasteiger charge is 2.31. The molecule has 0 aromatic rings. The molecule has 0 aromatic heterocycles. The Morgan fingerprint density at radius 2 is 1.25 bits per heavy atom. The van der Waals surface area contributed by atoms with Crippen molar-refractivity contribution in [3.63, 3.8) is 0 Å². The van der Waals surface area contributed by atoms with E-state index in [0.717, 1.165) is 0 Å². The lowest BCUT2D eigenvalue weighted by Crippen LogP contribution is -2.07. The van der Waals surface area contributed by atoms with Crippen LogP contribution < -0.4 is 0 Å². The van der Waals surface area contributed by atoms with E-state index in [2.05, 4.69) is 13.8 Å². The van der Waals surface area contributed by atoms with Gasteiger partial charge in [-0.2, -0.15) is 0 Å². The highest BCUT2D eigenvalue weighted by molar-refractivity contribution is 6.59. The van der Waals surface area contributed by atoms with Crippen molar-refractivity contribution >= 4 is 28.3 Å². The summed E-state index contributed by atoms with van der Waals surface area (Å²) in [5, 5.41) is 9.92. The second-order valence-corrected chi connectivity index (χ2v) is 13.7. The van der Waals surface area contributed by atoms with E-state index in [1.165, 1.54) is 11.8 Å². The maximum atomic E-state index is 2.44. The van der Waals surface area contributed by atoms with Gasteiger partial charge in [0.15, 0.2) is 0 Å². The van der Waals surface area contributed by atoms with Crippen LogP contribution in [0.15, 0.2) is 0 Å². The van der Waals surface area contributed by atoms with Crippen LogP contribution in [0.5, 0.6) is 0 Å². The van der Waals surface area contributed by atoms with E-state index >= 15 is 0 Å². The Hall–Kier alpha value is 1.06. The van der Waals surface area contributed by atoms with Gasteiger partial charge < -0.3 is 0 Å². The van der Waals surface area contributed by atoms with Crippen molar-refractivity contribution in [1.82, 2.24) is 0 Å². The van der Waals surface area contributed by atoms with Crippen molar-refractivity contribution in [1.29, 1.82) is 0 Å². The molecule has 2 rings (SSSR count). The Morgan fingerprint density at radius 3 is 1.56 bits per heavy atom. The van der Waals surface area contributed by atoms with E-state index in [9.17, 15) is 0 Å². The molecule has 0 N–H and O–H groups in total. The van der Waals surface area contributed by atoms with E-state index in [4.69, 9.17) is 0 Å². The molecule has 0 amide bonds. The van der Waals surface area contributed by atoms with Crippen LogP contribution in [0.2, 0.25) is 31.7 Å². The van der Waals surface area contributed by atoms with Crippen molar-refractivity contribution in [3.05, 3.63) is 0 Å². The van der Waals surface area contributed by atoms with Crippen LogP contribution in [0, 0.1) is 11.8 Å². The first-order valence-corrected chi connectivity index (χ1v) is 12.7. The van der Waals surface area contributed by atoms with E-state index < -0.39 is 0 Å². The minimum Gasteiger partial charge on any atom is -0.0967 e. The molecule has 2 unspecified atom stereocenters. The molecule has 0 bridgehead atoms. The smallest absolute Gasteiger partial charge is 0.0967 e. The zero-order valence-electron chi connectivity index (χ0n) is 11.4. The summed E-state index contributed by atoms with van der Waals surface area (Å²) in [4.78, 5) is 0. The molecule has 0 aliphatic carbocycles. The summed E-state index contributed by atoms with van der Waals surface area (Å²) < 4.78 is 0. The van der Waals surface area contributed by atoms with Crippen molar-refractivity contribution in [2.45, 2.75) is 71.2 Å². The Bertz CT molecular complexity index is 183. The zero-order chi connectivity index (χ0) is 11.4. The van der Waals surface area contributed by atoms with E-state index in [1.54, 1.807) is 57.4 Å². The van der Waals surface area contributed by atoms with Crippen molar-refractivity contribution < 1.29 is 0 Å². The molecule has 2 aliphatic rings. The van der Waals surface area contributed by atoms with Crippen LogP contribution in [-0.2, 0) is 0 Å². The van der Waals surface area contributed by atoms with Gasteiger partial charge in [-0.05, 0) is 0 Å². The molecule has 2 heteroatoms. The molecule has 0 spiro atoms. The van der Waals surface area contributed by atoms with E-state index in [-0.39, 0.29) is 28.3 Å². The fourth-order valence-electron chi connectivity index (χ4n) is 4.09. The summed E-state index contributed by atoms with van der Waals surface area (Å²) in [7, 11) is 0. The van der Waals surface area contributed by atoms with Gasteiger partial charge in [-0.1, -0.05) is 83.1 Å². The molecular formula is C14H28Al2. The van der Waals surface area contributed by atoms with Crippen LogP contribution >= 0.6 is 0 Å². The molecule has 0 saturated carbocycles. The highest BCUT2D eigenvalue weighted by Crippen LogP contribution is 2.37. The van der Waals surface area contributed by atoms with E-state index in [1.807, 2.05) is 0 Å². The standard InChI is InChI=1S/C10H18.2C2H5.2Al/c1-5-9(3)7-8-10(4)6-2;2*1-2;;/h9-10H,1-8H2;2*1H2,2H3;;. The topological polar surface area (TPSA) is 0 Å². The molecule has 2 atom stereocenters. The van der Waals surface area contributed by atoms with Gasteiger partial charge in [0.1, 0.15) is 0 Å². The Kier molecular flexibility index (Phi) is 5.78. The Labute approximate surface area is 111 Å². The normalized spacial score (nSPS) is 30.4. The predicted octanol–water partition coefficient (Wildman–Crippen LogP) is 4.84. The van der Waals surface area contributed by atoms with Gasteiger partial charge in [0, 0.05) is 0 Å². The molecule has 0 aromatic carbocycles. The third kappa shape index (κ3) is 3.78. The van der Waals surface area contributed by atoms with Crippen molar-refractivity contribution in [2.75, 3.05) is 0 Å². The third-order valence-electron chi connectivity index (χ3n) is 5.44. The van der Waals surface area contributed by atoms with Gasteiger partial charge in [-0.15, -0.1) is 0 Å². The van der Waals surface area contributed by atoms with E-state index in [0.29, 0.717) is 0 Å². The lowest BCUT2D eigenvalue weighted by Gasteiger charge is -2.14. The summed E-state index contributed by atoms with van der Waals surface area (Å²) in [6.45, 7) is 4.88. The minimum absolute atomic E-state index is 0.193. The maximum Gasteiger partial charge on any atom is 0.261 e. The van der Waals surface area contributed by atoms with Gasteiger partial charge in [0.25, 0.3) is 28.3 Å². The van der Waals surface area contributed by atoms with Crippen molar-refractivity contribution in [2.24, 2.45) is 11.8 Å². The zero-order valence-corrected chi connectivity index (χ0v) is 13.7. The molecule has 2 saturated heterocycles. The second kappa shape index (κ2) is 6.85. The molecule has 0 radical (unpaired) electrons. The second-order valence-electron chi connectivity index (χ2n) is 6.48. The summed E-state index contributed by atoms with van der Waals surface area (Å²) in [6, 6.07) is 0. The maximum absolute atomic E-state index is 2.44. The van der Waals surface area contributed by atoms with Gasteiger partial charge in [0.05, 0.1) is 0 Å². The van der Waals surface area contributed by atoms with Crippen LogP contribution in [0.4, 0.5) is 0 Å². The first-order chi connectivity index (χ1) is 7.81. The SMILES string of the molecule is C[CH2][Al]1[CH2]CC(CCC2C[CH2][Al]([CH2]C)[CH2]2)[CH2]1. The highest BCUT2D eigenvalue weighted by atomic mass is 27.2. The summed E-state index contributed by atoms with van der Waals surface area (Å²) in [5.74, 6) is 2.36. The largest absolute Gasteiger partial charge is 0.261 e. The molecule has 16 heavy (non-hydrogen) atoms.